The maximum atomic E-state index is 13.0. The summed E-state index contributed by atoms with van der Waals surface area (Å²) in [5.74, 6) is -0.0600. The van der Waals surface area contributed by atoms with E-state index in [1.165, 1.54) is 5.56 Å². The highest BCUT2D eigenvalue weighted by atomic mass is 35.5. The third kappa shape index (κ3) is 3.40. The number of fused-ring (bicyclic) bond motifs is 1. The number of benzene rings is 1. The number of amides is 1. The second-order valence-electron chi connectivity index (χ2n) is 7.02. The number of hydrogen-bond acceptors (Lipinski definition) is 2. The second kappa shape index (κ2) is 6.52. The van der Waals surface area contributed by atoms with Gasteiger partial charge in [0, 0.05) is 37.4 Å². The van der Waals surface area contributed by atoms with Crippen LogP contribution in [0.4, 0.5) is 0 Å². The van der Waals surface area contributed by atoms with Crippen LogP contribution in [0.15, 0.2) is 48.8 Å². The van der Waals surface area contributed by atoms with E-state index < -0.39 is 0 Å². The Morgan fingerprint density at radius 1 is 1.28 bits per heavy atom. The van der Waals surface area contributed by atoms with E-state index in [9.17, 15) is 4.79 Å². The van der Waals surface area contributed by atoms with E-state index in [1.807, 2.05) is 42.9 Å². The van der Waals surface area contributed by atoms with E-state index in [4.69, 9.17) is 11.6 Å². The van der Waals surface area contributed by atoms with Gasteiger partial charge >= 0.3 is 0 Å². The SMILES string of the molecule is CN(C(=O)c1cnc2c(c1)c(Cl)cn2C)C(C)(C)Cc1ccccc1. The van der Waals surface area contributed by atoms with Crippen molar-refractivity contribution in [2.45, 2.75) is 25.8 Å². The summed E-state index contributed by atoms with van der Waals surface area (Å²) in [5.41, 5.74) is 2.19. The Balaban J connectivity index is 1.87. The summed E-state index contributed by atoms with van der Waals surface area (Å²) in [6.45, 7) is 4.14. The van der Waals surface area contributed by atoms with Crippen LogP contribution in [0.3, 0.4) is 0 Å². The zero-order valence-corrected chi connectivity index (χ0v) is 15.7. The normalized spacial score (nSPS) is 11.7. The van der Waals surface area contributed by atoms with Crippen molar-refractivity contribution >= 4 is 28.5 Å². The van der Waals surface area contributed by atoms with E-state index in [-0.39, 0.29) is 11.4 Å². The van der Waals surface area contributed by atoms with E-state index in [1.54, 1.807) is 17.3 Å². The molecule has 0 saturated carbocycles. The molecule has 0 aliphatic heterocycles. The number of hydrogen-bond donors (Lipinski definition) is 0. The average Bonchev–Trinajstić information content (AvgIpc) is 2.88. The molecule has 0 aliphatic carbocycles. The van der Waals surface area contributed by atoms with Gasteiger partial charge in [-0.05, 0) is 31.9 Å². The van der Waals surface area contributed by atoms with Gasteiger partial charge in [-0.2, -0.15) is 0 Å². The predicted molar refractivity (Wildman–Crippen MR) is 102 cm³/mol. The predicted octanol–water partition coefficient (Wildman–Crippen LogP) is 4.32. The highest BCUT2D eigenvalue weighted by molar-refractivity contribution is 6.35. The molecule has 0 spiro atoms. The van der Waals surface area contributed by atoms with E-state index >= 15 is 0 Å². The number of aromatic nitrogens is 2. The molecule has 2 heterocycles. The van der Waals surface area contributed by atoms with Crippen LogP contribution >= 0.6 is 11.6 Å². The summed E-state index contributed by atoms with van der Waals surface area (Å²) < 4.78 is 1.86. The zero-order chi connectivity index (χ0) is 18.2. The highest BCUT2D eigenvalue weighted by Crippen LogP contribution is 2.26. The van der Waals surface area contributed by atoms with Gasteiger partial charge in [-0.1, -0.05) is 41.9 Å². The van der Waals surface area contributed by atoms with Gasteiger partial charge < -0.3 is 9.47 Å². The molecule has 0 N–H and O–H groups in total. The monoisotopic (exact) mass is 355 g/mol. The molecule has 0 saturated heterocycles. The van der Waals surface area contributed by atoms with Gasteiger partial charge in [-0.15, -0.1) is 0 Å². The van der Waals surface area contributed by atoms with E-state index in [0.717, 1.165) is 17.5 Å². The number of carbonyl (C=O) groups is 1. The first kappa shape index (κ1) is 17.5. The molecule has 0 atom stereocenters. The first-order valence-corrected chi connectivity index (χ1v) is 8.60. The smallest absolute Gasteiger partial charge is 0.255 e. The van der Waals surface area contributed by atoms with Crippen molar-refractivity contribution in [1.29, 1.82) is 0 Å². The Morgan fingerprint density at radius 3 is 2.64 bits per heavy atom. The molecular formula is C20H22ClN3O. The van der Waals surface area contributed by atoms with Gasteiger partial charge in [0.05, 0.1) is 10.6 Å². The highest BCUT2D eigenvalue weighted by Gasteiger charge is 2.29. The molecule has 0 aliphatic rings. The maximum absolute atomic E-state index is 13.0. The molecule has 0 unspecified atom stereocenters. The standard InChI is InChI=1S/C20H22ClN3O/c1-20(2,11-14-8-6-5-7-9-14)24(4)19(25)15-10-16-17(21)13-23(3)18(16)22-12-15/h5-10,12-13H,11H2,1-4H3. The Kier molecular flexibility index (Phi) is 4.56. The van der Waals surface area contributed by atoms with Crippen molar-refractivity contribution in [3.8, 4) is 0 Å². The number of rotatable bonds is 4. The average molecular weight is 356 g/mol. The number of nitrogens with zero attached hydrogens (tertiary/aromatic N) is 3. The first-order valence-electron chi connectivity index (χ1n) is 8.22. The fraction of sp³-hybridized carbons (Fsp3) is 0.300. The van der Waals surface area contributed by atoms with Gasteiger partial charge in [0.1, 0.15) is 5.65 Å². The lowest BCUT2D eigenvalue weighted by Gasteiger charge is -2.36. The van der Waals surface area contributed by atoms with Gasteiger partial charge in [0.15, 0.2) is 0 Å². The lowest BCUT2D eigenvalue weighted by atomic mass is 9.93. The van der Waals surface area contributed by atoms with Crippen LogP contribution in [-0.2, 0) is 13.5 Å². The maximum Gasteiger partial charge on any atom is 0.255 e. The Hall–Kier alpha value is -2.33. The van der Waals surface area contributed by atoms with E-state index in [2.05, 4.69) is 31.0 Å². The van der Waals surface area contributed by atoms with Crippen LogP contribution in [0.25, 0.3) is 11.0 Å². The Labute approximate surface area is 153 Å². The zero-order valence-electron chi connectivity index (χ0n) is 15.0. The molecule has 5 heteroatoms. The van der Waals surface area contributed by atoms with Crippen molar-refractivity contribution in [3.63, 3.8) is 0 Å². The fourth-order valence-corrected chi connectivity index (χ4v) is 3.30. The number of halogens is 1. The number of carbonyl (C=O) groups excluding carboxylic acids is 1. The van der Waals surface area contributed by atoms with Crippen molar-refractivity contribution in [2.24, 2.45) is 7.05 Å². The lowest BCUT2D eigenvalue weighted by molar-refractivity contribution is 0.0627. The van der Waals surface area contributed by atoms with Gasteiger partial charge in [-0.25, -0.2) is 4.98 Å². The third-order valence-electron chi connectivity index (χ3n) is 4.70. The van der Waals surface area contributed by atoms with Crippen LogP contribution < -0.4 is 0 Å². The third-order valence-corrected chi connectivity index (χ3v) is 5.01. The molecule has 3 rings (SSSR count). The lowest BCUT2D eigenvalue weighted by Crippen LogP contribution is -2.46. The topological polar surface area (TPSA) is 38.1 Å². The minimum Gasteiger partial charge on any atom is -0.336 e. The van der Waals surface area contributed by atoms with Gasteiger partial charge in [0.25, 0.3) is 5.91 Å². The van der Waals surface area contributed by atoms with Crippen molar-refractivity contribution in [2.75, 3.05) is 7.05 Å². The number of pyridine rings is 1. The quantitative estimate of drug-likeness (QED) is 0.699. The van der Waals surface area contributed by atoms with Crippen LogP contribution in [0.2, 0.25) is 5.02 Å². The minimum atomic E-state index is -0.326. The molecule has 3 aromatic rings. The summed E-state index contributed by atoms with van der Waals surface area (Å²) in [4.78, 5) is 19.2. The van der Waals surface area contributed by atoms with Gasteiger partial charge in [0.2, 0.25) is 0 Å². The first-order chi connectivity index (χ1) is 11.8. The van der Waals surface area contributed by atoms with Crippen molar-refractivity contribution in [1.82, 2.24) is 14.5 Å². The second-order valence-corrected chi connectivity index (χ2v) is 7.43. The summed E-state index contributed by atoms with van der Waals surface area (Å²) in [6.07, 6.45) is 4.20. The van der Waals surface area contributed by atoms with Crippen LogP contribution in [0, 0.1) is 0 Å². The van der Waals surface area contributed by atoms with Crippen LogP contribution in [0.5, 0.6) is 0 Å². The van der Waals surface area contributed by atoms with Crippen molar-refractivity contribution < 1.29 is 4.79 Å². The molecule has 25 heavy (non-hydrogen) atoms. The summed E-state index contributed by atoms with van der Waals surface area (Å²) in [6, 6.07) is 12.0. The van der Waals surface area contributed by atoms with Crippen molar-refractivity contribution in [3.05, 3.63) is 64.9 Å². The Morgan fingerprint density at radius 2 is 1.96 bits per heavy atom. The van der Waals surface area contributed by atoms with Crippen LogP contribution in [-0.4, -0.2) is 32.9 Å². The molecule has 1 amide bonds. The number of aryl methyl sites for hydroxylation is 1. The Bertz CT molecular complexity index is 915. The summed E-state index contributed by atoms with van der Waals surface area (Å²) >= 11 is 6.25. The number of likely N-dealkylation sites (N-methyl/N-ethyl adjacent to an activating group) is 1. The van der Waals surface area contributed by atoms with Crippen LogP contribution in [0.1, 0.15) is 29.8 Å². The summed E-state index contributed by atoms with van der Waals surface area (Å²) in [7, 11) is 3.72. The molecule has 4 nitrogen and oxygen atoms in total. The summed E-state index contributed by atoms with van der Waals surface area (Å²) in [5, 5.41) is 1.40. The molecular weight excluding hydrogens is 334 g/mol. The molecule has 2 aromatic heterocycles. The fourth-order valence-electron chi connectivity index (χ4n) is 3.01. The van der Waals surface area contributed by atoms with E-state index in [0.29, 0.717) is 10.6 Å². The molecule has 1 aromatic carbocycles. The molecule has 0 bridgehead atoms. The minimum absolute atomic E-state index is 0.0600. The largest absolute Gasteiger partial charge is 0.336 e. The van der Waals surface area contributed by atoms with Gasteiger partial charge in [-0.3, -0.25) is 4.79 Å². The molecule has 0 radical (unpaired) electrons. The molecule has 130 valence electrons. The molecule has 0 fully saturated rings.